The molecule has 0 aliphatic carbocycles. The second kappa shape index (κ2) is 13.0. The van der Waals surface area contributed by atoms with Gasteiger partial charge in [0.25, 0.3) is 0 Å². The molecule has 0 amide bonds. The van der Waals surface area contributed by atoms with Gasteiger partial charge in [-0.3, -0.25) is 9.59 Å². The number of hydrogen-bond acceptors (Lipinski definition) is 10. The summed E-state index contributed by atoms with van der Waals surface area (Å²) in [5.74, 6) is -1.26. The lowest BCUT2D eigenvalue weighted by Gasteiger charge is -2.43. The molecule has 1 heterocycles. The van der Waals surface area contributed by atoms with Gasteiger partial charge in [0.2, 0.25) is 0 Å². The molecule has 10 nitrogen and oxygen atoms in total. The molecule has 0 radical (unpaired) electrons. The average Bonchev–Trinajstić information content (AvgIpc) is 2.87. The summed E-state index contributed by atoms with van der Waals surface area (Å²) in [5, 5.41) is 0. The molecule has 1 saturated heterocycles. The molecule has 1 aliphatic heterocycles. The highest BCUT2D eigenvalue weighted by atomic mass is 16.7. The van der Waals surface area contributed by atoms with Gasteiger partial charge in [0.15, 0.2) is 24.6 Å². The first-order chi connectivity index (χ1) is 17.3. The number of hydrogen-bond donors (Lipinski definition) is 0. The monoisotopic (exact) mass is 502 g/mol. The Hall–Kier alpha value is -3.47. The van der Waals surface area contributed by atoms with Crippen molar-refractivity contribution in [1.82, 2.24) is 0 Å². The molecule has 0 bridgehead atoms. The van der Waals surface area contributed by atoms with E-state index in [1.165, 1.54) is 21.0 Å². The number of ether oxygens (including phenoxy) is 7. The molecule has 5 atom stereocenters. The Morgan fingerprint density at radius 1 is 0.806 bits per heavy atom. The standard InChI is InChI=1S/C26H30O10/c1-16(27)33-23-22(36-25(29)19-8-6-5-7-9-19)21(35-26(31-4)24(23)34-17(2)28)15-32-14-18-10-12-20(30-3)13-11-18/h5-13,21-24,26H,14-15H2,1-4H3/t21-,22-,23+,24-,26-/m1/s1. The Balaban J connectivity index is 1.84. The normalized spacial score (nSPS) is 23.4. The second-order valence-corrected chi connectivity index (χ2v) is 8.03. The Bertz CT molecular complexity index is 1010. The third kappa shape index (κ3) is 7.27. The van der Waals surface area contributed by atoms with E-state index in [1.807, 2.05) is 24.3 Å². The van der Waals surface area contributed by atoms with Gasteiger partial charge < -0.3 is 33.2 Å². The summed E-state index contributed by atoms with van der Waals surface area (Å²) >= 11 is 0. The van der Waals surface area contributed by atoms with Gasteiger partial charge in [-0.15, -0.1) is 0 Å². The maximum Gasteiger partial charge on any atom is 0.338 e. The molecule has 1 fully saturated rings. The predicted molar refractivity (Wildman–Crippen MR) is 125 cm³/mol. The molecule has 1 aliphatic rings. The van der Waals surface area contributed by atoms with Gasteiger partial charge in [0.1, 0.15) is 11.9 Å². The summed E-state index contributed by atoms with van der Waals surface area (Å²) in [6.07, 6.45) is -5.54. The average molecular weight is 503 g/mol. The van der Waals surface area contributed by atoms with Crippen molar-refractivity contribution in [2.75, 3.05) is 20.8 Å². The van der Waals surface area contributed by atoms with E-state index in [1.54, 1.807) is 37.4 Å². The first-order valence-electron chi connectivity index (χ1n) is 11.3. The second-order valence-electron chi connectivity index (χ2n) is 8.03. The van der Waals surface area contributed by atoms with Gasteiger partial charge >= 0.3 is 17.9 Å². The summed E-state index contributed by atoms with van der Waals surface area (Å²) < 4.78 is 39.0. The highest BCUT2D eigenvalue weighted by Crippen LogP contribution is 2.30. The van der Waals surface area contributed by atoms with Crippen molar-refractivity contribution in [1.29, 1.82) is 0 Å². The number of carbonyl (C=O) groups excluding carboxylic acids is 3. The SMILES string of the molecule is COc1ccc(COC[C@H]2O[C@@H](OC)[C@H](OC(C)=O)[C@@H](OC(C)=O)[C@@H]2OC(=O)c2ccccc2)cc1. The third-order valence-corrected chi connectivity index (χ3v) is 5.39. The van der Waals surface area contributed by atoms with Gasteiger partial charge in [0, 0.05) is 21.0 Å². The Labute approximate surface area is 209 Å². The molecule has 0 aromatic heterocycles. The van der Waals surface area contributed by atoms with Gasteiger partial charge in [-0.2, -0.15) is 0 Å². The minimum Gasteiger partial charge on any atom is -0.497 e. The molecule has 0 unspecified atom stereocenters. The fourth-order valence-electron chi connectivity index (χ4n) is 3.77. The van der Waals surface area contributed by atoms with E-state index in [9.17, 15) is 14.4 Å². The Morgan fingerprint density at radius 2 is 1.44 bits per heavy atom. The van der Waals surface area contributed by atoms with Crippen molar-refractivity contribution in [3.63, 3.8) is 0 Å². The van der Waals surface area contributed by atoms with E-state index >= 15 is 0 Å². The van der Waals surface area contributed by atoms with Crippen molar-refractivity contribution >= 4 is 17.9 Å². The minimum atomic E-state index is -1.20. The van der Waals surface area contributed by atoms with E-state index in [4.69, 9.17) is 33.2 Å². The van der Waals surface area contributed by atoms with Crippen LogP contribution >= 0.6 is 0 Å². The topological polar surface area (TPSA) is 116 Å². The molecule has 2 aromatic rings. The minimum absolute atomic E-state index is 0.0385. The van der Waals surface area contributed by atoms with Crippen LogP contribution in [0.2, 0.25) is 0 Å². The van der Waals surface area contributed by atoms with Crippen LogP contribution in [-0.2, 0) is 44.6 Å². The van der Waals surface area contributed by atoms with Crippen molar-refractivity contribution in [2.45, 2.75) is 51.2 Å². The van der Waals surface area contributed by atoms with Crippen LogP contribution in [-0.4, -0.2) is 69.4 Å². The van der Waals surface area contributed by atoms with Crippen molar-refractivity contribution < 1.29 is 47.5 Å². The number of esters is 3. The first kappa shape index (κ1) is 27.1. The maximum atomic E-state index is 12.9. The zero-order valence-corrected chi connectivity index (χ0v) is 20.6. The van der Waals surface area contributed by atoms with Crippen LogP contribution in [0.25, 0.3) is 0 Å². The van der Waals surface area contributed by atoms with Crippen molar-refractivity contribution in [3.8, 4) is 5.75 Å². The fraction of sp³-hybridized carbons (Fsp3) is 0.423. The highest BCUT2D eigenvalue weighted by molar-refractivity contribution is 5.89. The molecule has 3 rings (SSSR count). The molecule has 194 valence electrons. The predicted octanol–water partition coefficient (Wildman–Crippen LogP) is 2.67. The molecule has 2 aromatic carbocycles. The molecule has 0 N–H and O–H groups in total. The summed E-state index contributed by atoms with van der Waals surface area (Å²) in [7, 11) is 2.94. The van der Waals surface area contributed by atoms with Crippen LogP contribution in [0.1, 0.15) is 29.8 Å². The van der Waals surface area contributed by atoms with Gasteiger partial charge in [-0.25, -0.2) is 4.79 Å². The van der Waals surface area contributed by atoms with Crippen LogP contribution < -0.4 is 4.74 Å². The van der Waals surface area contributed by atoms with E-state index in [0.717, 1.165) is 5.56 Å². The Kier molecular flexibility index (Phi) is 9.80. The number of rotatable bonds is 10. The third-order valence-electron chi connectivity index (χ3n) is 5.39. The fourth-order valence-corrected chi connectivity index (χ4v) is 3.77. The van der Waals surface area contributed by atoms with Crippen LogP contribution in [0.5, 0.6) is 5.75 Å². The van der Waals surface area contributed by atoms with Crippen LogP contribution in [0, 0.1) is 0 Å². The van der Waals surface area contributed by atoms with Gasteiger partial charge in [-0.1, -0.05) is 30.3 Å². The zero-order valence-electron chi connectivity index (χ0n) is 20.6. The first-order valence-corrected chi connectivity index (χ1v) is 11.3. The lowest BCUT2D eigenvalue weighted by molar-refractivity contribution is -0.301. The number of benzene rings is 2. The molecule has 0 saturated carbocycles. The lowest BCUT2D eigenvalue weighted by atomic mass is 9.98. The van der Waals surface area contributed by atoms with Gasteiger partial charge in [0.05, 0.1) is 25.9 Å². The number of carbonyl (C=O) groups is 3. The lowest BCUT2D eigenvalue weighted by Crippen LogP contribution is -2.62. The largest absolute Gasteiger partial charge is 0.497 e. The summed E-state index contributed by atoms with van der Waals surface area (Å²) in [5.41, 5.74) is 1.16. The quantitative estimate of drug-likeness (QED) is 0.355. The van der Waals surface area contributed by atoms with Gasteiger partial charge in [-0.05, 0) is 29.8 Å². The molecular formula is C26H30O10. The van der Waals surface area contributed by atoms with Crippen LogP contribution in [0.4, 0.5) is 0 Å². The molecule has 36 heavy (non-hydrogen) atoms. The van der Waals surface area contributed by atoms with E-state index < -0.39 is 48.6 Å². The van der Waals surface area contributed by atoms with E-state index in [2.05, 4.69) is 0 Å². The summed E-state index contributed by atoms with van der Waals surface area (Å²) in [6, 6.07) is 15.6. The van der Waals surface area contributed by atoms with Crippen molar-refractivity contribution in [3.05, 3.63) is 65.7 Å². The summed E-state index contributed by atoms with van der Waals surface area (Å²) in [4.78, 5) is 36.7. The molecule has 10 heteroatoms. The maximum absolute atomic E-state index is 12.9. The van der Waals surface area contributed by atoms with E-state index in [0.29, 0.717) is 5.75 Å². The molecule has 0 spiro atoms. The highest BCUT2D eigenvalue weighted by Gasteiger charge is 2.52. The van der Waals surface area contributed by atoms with Crippen LogP contribution in [0.3, 0.4) is 0 Å². The molecular weight excluding hydrogens is 472 g/mol. The smallest absolute Gasteiger partial charge is 0.338 e. The summed E-state index contributed by atoms with van der Waals surface area (Å²) in [6.45, 7) is 2.59. The Morgan fingerprint density at radius 3 is 2.03 bits per heavy atom. The van der Waals surface area contributed by atoms with Crippen molar-refractivity contribution in [2.24, 2.45) is 0 Å². The number of methoxy groups -OCH3 is 2. The van der Waals surface area contributed by atoms with Crippen LogP contribution in [0.15, 0.2) is 54.6 Å². The zero-order chi connectivity index (χ0) is 26.1. The van der Waals surface area contributed by atoms with E-state index in [-0.39, 0.29) is 18.8 Å².